The monoisotopic (exact) mass is 374 g/mol. The minimum atomic E-state index is 0.818. The highest BCUT2D eigenvalue weighted by Crippen LogP contribution is 2.39. The highest BCUT2D eigenvalue weighted by molar-refractivity contribution is 9.10. The fourth-order valence-corrected chi connectivity index (χ4v) is 3.22. The molecule has 0 aliphatic rings. The highest BCUT2D eigenvalue weighted by atomic mass is 79.9. The number of hydrogen-bond donors (Lipinski definition) is 0. The lowest BCUT2D eigenvalue weighted by atomic mass is 9.99. The van der Waals surface area contributed by atoms with Gasteiger partial charge in [-0.2, -0.15) is 0 Å². The molecule has 0 spiro atoms. The maximum atomic E-state index is 6.33. The molecule has 2 heteroatoms. The number of rotatable bonds is 3. The quantitative estimate of drug-likeness (QED) is 0.372. The Hall–Kier alpha value is -2.58. The van der Waals surface area contributed by atoms with Crippen LogP contribution in [0.15, 0.2) is 95.5 Å². The maximum absolute atomic E-state index is 6.33. The lowest BCUT2D eigenvalue weighted by Gasteiger charge is -2.15. The minimum Gasteiger partial charge on any atom is -0.456 e. The standard InChI is InChI=1S/C22H15BrO/c23-18-10-6-11-19(15-18)24-22-20-12-5-4-9-17(20)13-14-21(22)16-7-2-1-3-8-16/h1-15H. The number of benzene rings is 4. The second-order valence-corrected chi connectivity index (χ2v) is 6.50. The van der Waals surface area contributed by atoms with Crippen molar-refractivity contribution in [3.8, 4) is 22.6 Å². The molecule has 0 unspecified atom stereocenters. The van der Waals surface area contributed by atoms with Gasteiger partial charge < -0.3 is 4.74 Å². The predicted molar refractivity (Wildman–Crippen MR) is 104 cm³/mol. The van der Waals surface area contributed by atoms with Crippen LogP contribution in [0.5, 0.6) is 11.5 Å². The van der Waals surface area contributed by atoms with Gasteiger partial charge in [-0.1, -0.05) is 82.7 Å². The maximum Gasteiger partial charge on any atom is 0.143 e. The molecule has 4 rings (SSSR count). The molecule has 0 bridgehead atoms. The van der Waals surface area contributed by atoms with Crippen LogP contribution < -0.4 is 4.74 Å². The first kappa shape index (κ1) is 15.0. The van der Waals surface area contributed by atoms with Gasteiger partial charge in [-0.3, -0.25) is 0 Å². The summed E-state index contributed by atoms with van der Waals surface area (Å²) in [5, 5.41) is 2.28. The van der Waals surface area contributed by atoms with E-state index >= 15 is 0 Å². The van der Waals surface area contributed by atoms with E-state index in [0.29, 0.717) is 0 Å². The van der Waals surface area contributed by atoms with Crippen LogP contribution in [0.4, 0.5) is 0 Å². The second kappa shape index (κ2) is 6.50. The Labute approximate surface area is 149 Å². The predicted octanol–water partition coefficient (Wildman–Crippen LogP) is 7.06. The lowest BCUT2D eigenvalue weighted by Crippen LogP contribution is -1.90. The van der Waals surface area contributed by atoms with Gasteiger partial charge in [0.2, 0.25) is 0 Å². The zero-order valence-electron chi connectivity index (χ0n) is 12.9. The van der Waals surface area contributed by atoms with Gasteiger partial charge in [-0.25, -0.2) is 0 Å². The Morgan fingerprint density at radius 1 is 0.667 bits per heavy atom. The van der Waals surface area contributed by atoms with Crippen LogP contribution in [0.2, 0.25) is 0 Å². The molecule has 24 heavy (non-hydrogen) atoms. The molecule has 4 aromatic carbocycles. The summed E-state index contributed by atoms with van der Waals surface area (Å²) < 4.78 is 7.33. The van der Waals surface area contributed by atoms with E-state index in [1.807, 2.05) is 54.6 Å². The molecule has 0 N–H and O–H groups in total. The first-order chi connectivity index (χ1) is 11.8. The van der Waals surface area contributed by atoms with E-state index < -0.39 is 0 Å². The normalized spacial score (nSPS) is 10.7. The van der Waals surface area contributed by atoms with E-state index in [4.69, 9.17) is 4.74 Å². The van der Waals surface area contributed by atoms with Crippen molar-refractivity contribution >= 4 is 26.7 Å². The van der Waals surface area contributed by atoms with Crippen LogP contribution in [-0.2, 0) is 0 Å². The van der Waals surface area contributed by atoms with Crippen molar-refractivity contribution in [2.45, 2.75) is 0 Å². The number of ether oxygens (including phenoxy) is 1. The van der Waals surface area contributed by atoms with Crippen molar-refractivity contribution in [3.63, 3.8) is 0 Å². The average Bonchev–Trinajstić information content (AvgIpc) is 2.63. The van der Waals surface area contributed by atoms with Gasteiger partial charge in [0.25, 0.3) is 0 Å². The topological polar surface area (TPSA) is 9.23 Å². The first-order valence-corrected chi connectivity index (χ1v) is 8.61. The molecule has 4 aromatic rings. The van der Waals surface area contributed by atoms with Gasteiger partial charge in [0.1, 0.15) is 11.5 Å². The Morgan fingerprint density at radius 3 is 2.29 bits per heavy atom. The molecule has 0 fully saturated rings. The van der Waals surface area contributed by atoms with Crippen molar-refractivity contribution in [2.75, 3.05) is 0 Å². The molecule has 1 nitrogen and oxygen atoms in total. The van der Waals surface area contributed by atoms with E-state index in [1.165, 1.54) is 5.39 Å². The largest absolute Gasteiger partial charge is 0.456 e. The summed E-state index contributed by atoms with van der Waals surface area (Å²) in [4.78, 5) is 0. The van der Waals surface area contributed by atoms with Crippen LogP contribution in [0.3, 0.4) is 0 Å². The molecule has 0 radical (unpaired) electrons. The van der Waals surface area contributed by atoms with Gasteiger partial charge >= 0.3 is 0 Å². The molecule has 0 heterocycles. The minimum absolute atomic E-state index is 0.818. The molecular formula is C22H15BrO. The average molecular weight is 375 g/mol. The lowest BCUT2D eigenvalue weighted by molar-refractivity contribution is 0.490. The van der Waals surface area contributed by atoms with Crippen molar-refractivity contribution in [1.29, 1.82) is 0 Å². The zero-order valence-corrected chi connectivity index (χ0v) is 14.5. The third-order valence-electron chi connectivity index (χ3n) is 3.98. The first-order valence-electron chi connectivity index (χ1n) is 7.82. The molecule has 0 saturated carbocycles. The summed E-state index contributed by atoms with van der Waals surface area (Å²) in [5.41, 5.74) is 2.24. The fraction of sp³-hybridized carbons (Fsp3) is 0. The second-order valence-electron chi connectivity index (χ2n) is 5.59. The van der Waals surface area contributed by atoms with Crippen molar-refractivity contribution in [3.05, 3.63) is 95.5 Å². The van der Waals surface area contributed by atoms with Crippen LogP contribution in [0, 0.1) is 0 Å². The molecule has 116 valence electrons. The molecule has 0 saturated heterocycles. The number of fused-ring (bicyclic) bond motifs is 1. The third kappa shape index (κ3) is 2.93. The summed E-state index contributed by atoms with van der Waals surface area (Å²) >= 11 is 3.51. The molecule has 0 amide bonds. The van der Waals surface area contributed by atoms with Gasteiger partial charge in [0.05, 0.1) is 0 Å². The smallest absolute Gasteiger partial charge is 0.143 e. The number of halogens is 1. The summed E-state index contributed by atoms with van der Waals surface area (Å²) in [6.45, 7) is 0. The Morgan fingerprint density at radius 2 is 1.46 bits per heavy atom. The van der Waals surface area contributed by atoms with E-state index in [0.717, 1.165) is 32.5 Å². The van der Waals surface area contributed by atoms with Crippen molar-refractivity contribution < 1.29 is 4.74 Å². The van der Waals surface area contributed by atoms with E-state index in [1.54, 1.807) is 0 Å². The fourth-order valence-electron chi connectivity index (χ4n) is 2.85. The van der Waals surface area contributed by atoms with Gasteiger partial charge in [0, 0.05) is 15.4 Å². The Kier molecular flexibility index (Phi) is 4.06. The van der Waals surface area contributed by atoms with Crippen molar-refractivity contribution in [2.24, 2.45) is 0 Å². The molecular weight excluding hydrogens is 360 g/mol. The summed E-state index contributed by atoms with van der Waals surface area (Å²) in [6.07, 6.45) is 0. The van der Waals surface area contributed by atoms with Gasteiger partial charge in [0.15, 0.2) is 0 Å². The van der Waals surface area contributed by atoms with E-state index in [9.17, 15) is 0 Å². The summed E-state index contributed by atoms with van der Waals surface area (Å²) in [7, 11) is 0. The summed E-state index contributed by atoms with van der Waals surface area (Å²) in [5.74, 6) is 1.70. The molecule has 0 aliphatic heterocycles. The molecule has 0 atom stereocenters. The van der Waals surface area contributed by atoms with E-state index in [2.05, 4.69) is 52.3 Å². The zero-order chi connectivity index (χ0) is 16.4. The Bertz CT molecular complexity index is 993. The third-order valence-corrected chi connectivity index (χ3v) is 4.47. The van der Waals surface area contributed by atoms with Crippen molar-refractivity contribution in [1.82, 2.24) is 0 Å². The summed E-state index contributed by atoms with van der Waals surface area (Å²) in [6, 6.07) is 30.9. The molecule has 0 aromatic heterocycles. The Balaban J connectivity index is 1.93. The van der Waals surface area contributed by atoms with Gasteiger partial charge in [-0.15, -0.1) is 0 Å². The highest BCUT2D eigenvalue weighted by Gasteiger charge is 2.12. The van der Waals surface area contributed by atoms with E-state index in [-0.39, 0.29) is 0 Å². The van der Waals surface area contributed by atoms with Crippen LogP contribution >= 0.6 is 15.9 Å². The SMILES string of the molecule is Brc1cccc(Oc2c(-c3ccccc3)ccc3ccccc23)c1. The van der Waals surface area contributed by atoms with Crippen LogP contribution in [0.25, 0.3) is 21.9 Å². The molecule has 0 aliphatic carbocycles. The van der Waals surface area contributed by atoms with Crippen LogP contribution in [0.1, 0.15) is 0 Å². The van der Waals surface area contributed by atoms with Gasteiger partial charge in [-0.05, 0) is 35.2 Å². The number of hydrogen-bond acceptors (Lipinski definition) is 1. The van der Waals surface area contributed by atoms with Crippen LogP contribution in [-0.4, -0.2) is 0 Å².